The van der Waals surface area contributed by atoms with E-state index >= 15 is 0 Å². The summed E-state index contributed by atoms with van der Waals surface area (Å²) in [4.78, 5) is 29.6. The molecule has 0 spiro atoms. The van der Waals surface area contributed by atoms with Crippen molar-refractivity contribution in [3.8, 4) is 17.2 Å². The molecule has 2 aromatic carbocycles. The largest absolute Gasteiger partial charge is 0.507 e. The number of rotatable bonds is 7. The van der Waals surface area contributed by atoms with E-state index in [0.29, 0.717) is 41.3 Å². The molecule has 1 N–H and O–H groups in total. The third-order valence-corrected chi connectivity index (χ3v) is 5.60. The van der Waals surface area contributed by atoms with Crippen molar-refractivity contribution in [3.05, 3.63) is 59.2 Å². The second kappa shape index (κ2) is 8.92. The molecule has 32 heavy (non-hydrogen) atoms. The fourth-order valence-corrected chi connectivity index (χ4v) is 4.03. The van der Waals surface area contributed by atoms with Gasteiger partial charge in [0.15, 0.2) is 11.5 Å². The Morgan fingerprint density at radius 1 is 1.16 bits per heavy atom. The van der Waals surface area contributed by atoms with Crippen LogP contribution in [0.4, 0.5) is 0 Å². The van der Waals surface area contributed by atoms with Crippen molar-refractivity contribution in [2.75, 3.05) is 41.1 Å². The normalized spacial score (nSPS) is 19.1. The van der Waals surface area contributed by atoms with Crippen molar-refractivity contribution < 1.29 is 28.9 Å². The van der Waals surface area contributed by atoms with E-state index in [1.165, 1.54) is 4.90 Å². The van der Waals surface area contributed by atoms with Crippen LogP contribution in [0.5, 0.6) is 17.2 Å². The maximum Gasteiger partial charge on any atom is 0.295 e. The van der Waals surface area contributed by atoms with E-state index in [0.717, 1.165) is 6.54 Å². The number of fused-ring (bicyclic) bond motifs is 1. The van der Waals surface area contributed by atoms with Gasteiger partial charge in [-0.25, -0.2) is 0 Å². The Kier molecular flexibility index (Phi) is 6.05. The van der Waals surface area contributed by atoms with Gasteiger partial charge in [-0.1, -0.05) is 12.1 Å². The number of carbonyl (C=O) groups is 2. The molecule has 1 atom stereocenters. The van der Waals surface area contributed by atoms with Gasteiger partial charge in [-0.05, 0) is 63.0 Å². The van der Waals surface area contributed by atoms with Crippen LogP contribution >= 0.6 is 0 Å². The second-order valence-corrected chi connectivity index (χ2v) is 7.99. The number of likely N-dealkylation sites (tertiary alicyclic amines) is 1. The molecule has 1 unspecified atom stereocenters. The van der Waals surface area contributed by atoms with Crippen LogP contribution in [0.3, 0.4) is 0 Å². The van der Waals surface area contributed by atoms with E-state index in [9.17, 15) is 14.7 Å². The summed E-state index contributed by atoms with van der Waals surface area (Å²) in [5, 5.41) is 11.2. The number of methoxy groups -OCH3 is 1. The summed E-state index contributed by atoms with van der Waals surface area (Å²) in [7, 11) is 5.46. The van der Waals surface area contributed by atoms with Crippen LogP contribution in [-0.4, -0.2) is 67.7 Å². The van der Waals surface area contributed by atoms with Gasteiger partial charge in [0.1, 0.15) is 11.5 Å². The third-order valence-electron chi connectivity index (χ3n) is 5.60. The fourth-order valence-electron chi connectivity index (χ4n) is 4.03. The summed E-state index contributed by atoms with van der Waals surface area (Å²) >= 11 is 0. The highest BCUT2D eigenvalue weighted by Gasteiger charge is 2.46. The Morgan fingerprint density at radius 2 is 1.94 bits per heavy atom. The number of benzene rings is 2. The molecular formula is C24H26N2O6. The number of Topliss-reactive ketones (excluding diaryl/α,β-unsaturated/α-hetero) is 1. The Morgan fingerprint density at radius 3 is 2.69 bits per heavy atom. The molecule has 1 saturated heterocycles. The number of aliphatic hydroxyl groups excluding tert-OH is 1. The summed E-state index contributed by atoms with van der Waals surface area (Å²) < 4.78 is 16.1. The quantitative estimate of drug-likeness (QED) is 0.404. The summed E-state index contributed by atoms with van der Waals surface area (Å²) in [5.41, 5.74) is 1.12. The van der Waals surface area contributed by atoms with E-state index < -0.39 is 17.7 Å². The molecule has 2 aromatic rings. The minimum Gasteiger partial charge on any atom is -0.507 e. The first-order valence-electron chi connectivity index (χ1n) is 10.4. The van der Waals surface area contributed by atoms with E-state index in [1.807, 2.05) is 25.1 Å². The Bertz CT molecular complexity index is 1080. The summed E-state index contributed by atoms with van der Waals surface area (Å²) in [5.74, 6) is 0.0629. The predicted octanol–water partition coefficient (Wildman–Crippen LogP) is 2.80. The first kappa shape index (κ1) is 21.7. The van der Waals surface area contributed by atoms with Gasteiger partial charge < -0.3 is 29.1 Å². The molecular weight excluding hydrogens is 412 g/mol. The lowest BCUT2D eigenvalue weighted by Gasteiger charge is -2.26. The van der Waals surface area contributed by atoms with Gasteiger partial charge in [0.05, 0.1) is 18.7 Å². The monoisotopic (exact) mass is 438 g/mol. The highest BCUT2D eigenvalue weighted by atomic mass is 16.7. The molecule has 0 bridgehead atoms. The molecule has 8 heteroatoms. The standard InChI is InChI=1S/C24H26N2O6/c1-25(2)10-5-11-26-21(15-6-4-7-17(12-15)30-3)20(23(28)24(26)29)22(27)16-8-9-18-19(13-16)32-14-31-18/h4,6-9,12-13,21,27H,5,10-11,14H2,1-3H3/b22-20-. The van der Waals surface area contributed by atoms with Crippen molar-refractivity contribution in [3.63, 3.8) is 0 Å². The van der Waals surface area contributed by atoms with Crippen LogP contribution in [0.25, 0.3) is 5.76 Å². The molecule has 4 rings (SSSR count). The molecule has 0 radical (unpaired) electrons. The Hall–Kier alpha value is -3.52. The maximum absolute atomic E-state index is 13.1. The number of carbonyl (C=O) groups excluding carboxylic acids is 2. The Balaban J connectivity index is 1.80. The van der Waals surface area contributed by atoms with Gasteiger partial charge in [0.25, 0.3) is 11.7 Å². The predicted molar refractivity (Wildman–Crippen MR) is 118 cm³/mol. The van der Waals surface area contributed by atoms with Crippen molar-refractivity contribution in [2.45, 2.75) is 12.5 Å². The van der Waals surface area contributed by atoms with Gasteiger partial charge in [-0.3, -0.25) is 9.59 Å². The fraction of sp³-hybridized carbons (Fsp3) is 0.333. The number of nitrogens with zero attached hydrogens (tertiary/aromatic N) is 2. The van der Waals surface area contributed by atoms with Gasteiger partial charge >= 0.3 is 0 Å². The topological polar surface area (TPSA) is 88.5 Å². The highest BCUT2D eigenvalue weighted by molar-refractivity contribution is 6.46. The maximum atomic E-state index is 13.1. The van der Waals surface area contributed by atoms with Gasteiger partial charge in [-0.2, -0.15) is 0 Å². The molecule has 168 valence electrons. The summed E-state index contributed by atoms with van der Waals surface area (Å²) in [6.07, 6.45) is 0.685. The lowest BCUT2D eigenvalue weighted by atomic mass is 9.95. The third kappa shape index (κ3) is 4.01. The number of hydrogen-bond acceptors (Lipinski definition) is 7. The zero-order valence-electron chi connectivity index (χ0n) is 18.3. The van der Waals surface area contributed by atoms with Crippen LogP contribution in [-0.2, 0) is 9.59 Å². The molecule has 2 aliphatic rings. The van der Waals surface area contributed by atoms with Crippen LogP contribution < -0.4 is 14.2 Å². The van der Waals surface area contributed by atoms with Gasteiger partial charge in [0.2, 0.25) is 6.79 Å². The highest BCUT2D eigenvalue weighted by Crippen LogP contribution is 2.42. The number of amides is 1. The Labute approximate surface area is 186 Å². The van der Waals surface area contributed by atoms with E-state index in [1.54, 1.807) is 43.5 Å². The van der Waals surface area contributed by atoms with Gasteiger partial charge in [-0.15, -0.1) is 0 Å². The minimum absolute atomic E-state index is 0.0481. The lowest BCUT2D eigenvalue weighted by Crippen LogP contribution is -2.32. The smallest absolute Gasteiger partial charge is 0.295 e. The number of ketones is 1. The second-order valence-electron chi connectivity index (χ2n) is 7.99. The molecule has 0 aromatic heterocycles. The first-order chi connectivity index (χ1) is 15.4. The van der Waals surface area contributed by atoms with E-state index in [2.05, 4.69) is 0 Å². The zero-order chi connectivity index (χ0) is 22.8. The zero-order valence-corrected chi connectivity index (χ0v) is 18.3. The van der Waals surface area contributed by atoms with Crippen LogP contribution in [0.1, 0.15) is 23.6 Å². The summed E-state index contributed by atoms with van der Waals surface area (Å²) in [6, 6.07) is 11.4. The van der Waals surface area contributed by atoms with Gasteiger partial charge in [0, 0.05) is 12.1 Å². The van der Waals surface area contributed by atoms with Crippen molar-refractivity contribution in [2.24, 2.45) is 0 Å². The molecule has 8 nitrogen and oxygen atoms in total. The van der Waals surface area contributed by atoms with Crippen molar-refractivity contribution in [1.82, 2.24) is 9.80 Å². The molecule has 1 fully saturated rings. The van der Waals surface area contributed by atoms with Crippen LogP contribution in [0, 0.1) is 0 Å². The lowest BCUT2D eigenvalue weighted by molar-refractivity contribution is -0.139. The molecule has 0 aliphatic carbocycles. The first-order valence-corrected chi connectivity index (χ1v) is 10.4. The van der Waals surface area contributed by atoms with Crippen molar-refractivity contribution >= 4 is 17.4 Å². The number of aliphatic hydroxyl groups is 1. The average molecular weight is 438 g/mol. The molecule has 2 aliphatic heterocycles. The molecule has 1 amide bonds. The van der Waals surface area contributed by atoms with Crippen LogP contribution in [0.15, 0.2) is 48.0 Å². The van der Waals surface area contributed by atoms with E-state index in [-0.39, 0.29) is 18.1 Å². The number of ether oxygens (including phenoxy) is 3. The number of hydrogen-bond donors (Lipinski definition) is 1. The summed E-state index contributed by atoms with van der Waals surface area (Å²) in [6.45, 7) is 1.23. The molecule has 0 saturated carbocycles. The SMILES string of the molecule is COc1cccc(C2/C(=C(/O)c3ccc4c(c3)OCO4)C(=O)C(=O)N2CCCN(C)C)c1. The average Bonchev–Trinajstić information content (AvgIpc) is 3.36. The van der Waals surface area contributed by atoms with E-state index in [4.69, 9.17) is 14.2 Å². The molecule has 2 heterocycles. The van der Waals surface area contributed by atoms with Crippen LogP contribution in [0.2, 0.25) is 0 Å². The minimum atomic E-state index is -0.724. The van der Waals surface area contributed by atoms with Crippen molar-refractivity contribution in [1.29, 1.82) is 0 Å².